The highest BCUT2D eigenvalue weighted by atomic mass is 19.4. The minimum Gasteiger partial charge on any atom is -0.348 e. The third-order valence-corrected chi connectivity index (χ3v) is 4.27. The van der Waals surface area contributed by atoms with Gasteiger partial charge in [0, 0.05) is 5.69 Å². The molecule has 7 heteroatoms. The van der Waals surface area contributed by atoms with Crippen LogP contribution in [0.3, 0.4) is 0 Å². The lowest BCUT2D eigenvalue weighted by atomic mass is 9.88. The average Bonchev–Trinajstić information content (AvgIpc) is 2.89. The molecule has 0 saturated heterocycles. The summed E-state index contributed by atoms with van der Waals surface area (Å²) in [5.74, 6) is -0.336. The van der Waals surface area contributed by atoms with Crippen LogP contribution in [0.5, 0.6) is 0 Å². The molecule has 0 radical (unpaired) electrons. The summed E-state index contributed by atoms with van der Waals surface area (Å²) in [5.41, 5.74) is 1.63. The molecule has 1 aromatic heterocycles. The number of rotatable bonds is 3. The van der Waals surface area contributed by atoms with Gasteiger partial charge in [0.2, 0.25) is 5.91 Å². The first-order valence-corrected chi connectivity index (χ1v) is 7.83. The largest absolute Gasteiger partial charge is 0.435 e. The van der Waals surface area contributed by atoms with Crippen LogP contribution in [0.4, 0.5) is 13.2 Å². The molecule has 2 aromatic rings. The minimum atomic E-state index is -4.51. The van der Waals surface area contributed by atoms with E-state index >= 15 is 0 Å². The number of benzene rings is 1. The first-order valence-electron chi connectivity index (χ1n) is 7.83. The van der Waals surface area contributed by atoms with Crippen molar-refractivity contribution in [3.8, 4) is 0 Å². The molecule has 3 rings (SSSR count). The monoisotopic (exact) mass is 337 g/mol. The standard InChI is InChI=1S/C17H18F3N3O/c1-11-9-15(17(18,19)20)22-23(11)10-16(24)21-14-8-4-6-12-5-2-3-7-13(12)14/h2-3,5,7,9,14H,4,6,8,10H2,1H3,(H,21,24). The predicted octanol–water partition coefficient (Wildman–Crippen LogP) is 3.40. The Morgan fingerprint density at radius 2 is 2.12 bits per heavy atom. The Labute approximate surface area is 137 Å². The van der Waals surface area contributed by atoms with E-state index in [4.69, 9.17) is 0 Å². The summed E-state index contributed by atoms with van der Waals surface area (Å²) in [6.07, 6.45) is -1.72. The summed E-state index contributed by atoms with van der Waals surface area (Å²) < 4.78 is 39.1. The summed E-state index contributed by atoms with van der Waals surface area (Å²) in [7, 11) is 0. The summed E-state index contributed by atoms with van der Waals surface area (Å²) >= 11 is 0. The van der Waals surface area contributed by atoms with Crippen LogP contribution < -0.4 is 5.32 Å². The third kappa shape index (κ3) is 3.44. The molecule has 24 heavy (non-hydrogen) atoms. The van der Waals surface area contributed by atoms with Gasteiger partial charge in [0.05, 0.1) is 6.04 Å². The molecule has 0 aliphatic heterocycles. The van der Waals surface area contributed by atoms with Gasteiger partial charge in [0.25, 0.3) is 0 Å². The van der Waals surface area contributed by atoms with Crippen molar-refractivity contribution in [1.29, 1.82) is 0 Å². The van der Waals surface area contributed by atoms with Gasteiger partial charge in [-0.1, -0.05) is 24.3 Å². The molecule has 0 spiro atoms. The zero-order valence-electron chi connectivity index (χ0n) is 13.2. The fraction of sp³-hybridized carbons (Fsp3) is 0.412. The molecule has 4 nitrogen and oxygen atoms in total. The number of fused-ring (bicyclic) bond motifs is 1. The summed E-state index contributed by atoms with van der Waals surface area (Å²) in [5, 5.41) is 6.41. The van der Waals surface area contributed by atoms with Gasteiger partial charge >= 0.3 is 6.18 Å². The van der Waals surface area contributed by atoms with Crippen LogP contribution in [-0.4, -0.2) is 15.7 Å². The summed E-state index contributed by atoms with van der Waals surface area (Å²) in [6.45, 7) is 1.28. The van der Waals surface area contributed by atoms with Gasteiger partial charge in [0.1, 0.15) is 6.54 Å². The van der Waals surface area contributed by atoms with Crippen molar-refractivity contribution in [1.82, 2.24) is 15.1 Å². The molecule has 1 unspecified atom stereocenters. The van der Waals surface area contributed by atoms with Crippen molar-refractivity contribution in [2.45, 2.75) is 44.9 Å². The van der Waals surface area contributed by atoms with Crippen molar-refractivity contribution in [2.24, 2.45) is 0 Å². The molecular weight excluding hydrogens is 319 g/mol. The highest BCUT2D eigenvalue weighted by Crippen LogP contribution is 2.30. The Morgan fingerprint density at radius 3 is 2.83 bits per heavy atom. The molecule has 1 heterocycles. The molecular formula is C17H18F3N3O. The fourth-order valence-corrected chi connectivity index (χ4v) is 3.09. The van der Waals surface area contributed by atoms with Gasteiger partial charge in [-0.3, -0.25) is 9.48 Å². The Balaban J connectivity index is 1.70. The maximum Gasteiger partial charge on any atom is 0.435 e. The van der Waals surface area contributed by atoms with Crippen molar-refractivity contribution in [2.75, 3.05) is 0 Å². The number of halogens is 3. The molecule has 1 aromatic carbocycles. The highest BCUT2D eigenvalue weighted by molar-refractivity contribution is 5.76. The first-order chi connectivity index (χ1) is 11.3. The average molecular weight is 337 g/mol. The van der Waals surface area contributed by atoms with E-state index in [1.165, 1.54) is 12.5 Å². The van der Waals surface area contributed by atoms with E-state index in [9.17, 15) is 18.0 Å². The second-order valence-electron chi connectivity index (χ2n) is 6.04. The van der Waals surface area contributed by atoms with E-state index in [2.05, 4.69) is 10.4 Å². The van der Waals surface area contributed by atoms with Gasteiger partial charge in [0.15, 0.2) is 5.69 Å². The van der Waals surface area contributed by atoms with Crippen LogP contribution >= 0.6 is 0 Å². The van der Waals surface area contributed by atoms with Crippen LogP contribution in [0.2, 0.25) is 0 Å². The van der Waals surface area contributed by atoms with Crippen molar-refractivity contribution in [3.05, 3.63) is 52.8 Å². The summed E-state index contributed by atoms with van der Waals surface area (Å²) in [6, 6.07) is 8.77. The normalized spacial score (nSPS) is 17.4. The topological polar surface area (TPSA) is 46.9 Å². The molecule has 0 bridgehead atoms. The maximum atomic E-state index is 12.7. The van der Waals surface area contributed by atoms with Crippen molar-refractivity contribution < 1.29 is 18.0 Å². The van der Waals surface area contributed by atoms with E-state index < -0.39 is 11.9 Å². The first kappa shape index (κ1) is 16.5. The van der Waals surface area contributed by atoms with Crippen molar-refractivity contribution in [3.63, 3.8) is 0 Å². The van der Waals surface area contributed by atoms with Gasteiger partial charge < -0.3 is 5.32 Å². The molecule has 1 amide bonds. The lowest BCUT2D eigenvalue weighted by Crippen LogP contribution is -2.34. The van der Waals surface area contributed by atoms with Gasteiger partial charge in [-0.2, -0.15) is 18.3 Å². The second-order valence-corrected chi connectivity index (χ2v) is 6.04. The molecule has 128 valence electrons. The van der Waals surface area contributed by atoms with Crippen LogP contribution in [-0.2, 0) is 23.9 Å². The predicted molar refractivity (Wildman–Crippen MR) is 82.2 cm³/mol. The number of carbonyl (C=O) groups excluding carboxylic acids is 1. The lowest BCUT2D eigenvalue weighted by Gasteiger charge is -2.26. The van der Waals surface area contributed by atoms with Crippen LogP contribution in [0.1, 0.15) is 41.4 Å². The number of aryl methyl sites for hydroxylation is 2. The van der Waals surface area contributed by atoms with Crippen LogP contribution in [0.15, 0.2) is 30.3 Å². The maximum absolute atomic E-state index is 12.7. The van der Waals surface area contributed by atoms with E-state index in [0.29, 0.717) is 5.69 Å². The number of aromatic nitrogens is 2. The molecule has 1 aliphatic carbocycles. The molecule has 0 saturated carbocycles. The number of hydrogen-bond acceptors (Lipinski definition) is 2. The SMILES string of the molecule is Cc1cc(C(F)(F)F)nn1CC(=O)NC1CCCc2ccccc21. The molecule has 1 atom stereocenters. The Hall–Kier alpha value is -2.31. The molecule has 1 N–H and O–H groups in total. The zero-order valence-corrected chi connectivity index (χ0v) is 13.2. The fourth-order valence-electron chi connectivity index (χ4n) is 3.09. The van der Waals surface area contributed by atoms with Crippen molar-refractivity contribution >= 4 is 5.91 Å². The number of amides is 1. The van der Waals surface area contributed by atoms with E-state index in [0.717, 1.165) is 35.6 Å². The number of alkyl halides is 3. The number of hydrogen-bond donors (Lipinski definition) is 1. The molecule has 1 aliphatic rings. The number of carbonyl (C=O) groups is 1. The minimum absolute atomic E-state index is 0.0968. The quantitative estimate of drug-likeness (QED) is 0.933. The second kappa shape index (κ2) is 6.30. The Morgan fingerprint density at radius 1 is 1.38 bits per heavy atom. The van der Waals surface area contributed by atoms with Crippen LogP contribution in [0, 0.1) is 6.92 Å². The Kier molecular flexibility index (Phi) is 4.34. The Bertz CT molecular complexity index is 752. The van der Waals surface area contributed by atoms with Crippen LogP contribution in [0.25, 0.3) is 0 Å². The van der Waals surface area contributed by atoms with Gasteiger partial charge in [-0.05, 0) is 43.4 Å². The third-order valence-electron chi connectivity index (χ3n) is 4.27. The number of nitrogens with zero attached hydrogens (tertiary/aromatic N) is 2. The van der Waals surface area contributed by atoms with Gasteiger partial charge in [-0.25, -0.2) is 0 Å². The van der Waals surface area contributed by atoms with E-state index in [-0.39, 0.29) is 18.5 Å². The highest BCUT2D eigenvalue weighted by Gasteiger charge is 2.34. The number of nitrogens with one attached hydrogen (secondary N) is 1. The molecule has 0 fully saturated rings. The lowest BCUT2D eigenvalue weighted by molar-refractivity contribution is -0.141. The zero-order chi connectivity index (χ0) is 17.3. The van der Waals surface area contributed by atoms with Gasteiger partial charge in [-0.15, -0.1) is 0 Å². The van der Waals surface area contributed by atoms with E-state index in [1.54, 1.807) is 0 Å². The summed E-state index contributed by atoms with van der Waals surface area (Å²) in [4.78, 5) is 12.2. The smallest absolute Gasteiger partial charge is 0.348 e. The van der Waals surface area contributed by atoms with E-state index in [1.807, 2.05) is 24.3 Å².